The lowest BCUT2D eigenvalue weighted by atomic mass is 9.97. The summed E-state index contributed by atoms with van der Waals surface area (Å²) in [6, 6.07) is 7.35. The maximum Gasteiger partial charge on any atom is 0.251 e. The van der Waals surface area contributed by atoms with Crippen molar-refractivity contribution in [2.75, 3.05) is 26.2 Å². The van der Waals surface area contributed by atoms with Crippen molar-refractivity contribution in [1.82, 2.24) is 10.2 Å². The van der Waals surface area contributed by atoms with Gasteiger partial charge in [0, 0.05) is 30.6 Å². The SMILES string of the molecule is Cc1cc2cc(C(=O)NCCN3CCCC(C(N)=O)C3)ccc2o1. The number of hydrogen-bond acceptors (Lipinski definition) is 4. The zero-order chi connectivity index (χ0) is 17.1. The van der Waals surface area contributed by atoms with Crippen molar-refractivity contribution in [1.29, 1.82) is 0 Å². The van der Waals surface area contributed by atoms with Crippen molar-refractivity contribution in [2.24, 2.45) is 11.7 Å². The average Bonchev–Trinajstić information content (AvgIpc) is 2.94. The van der Waals surface area contributed by atoms with E-state index in [0.717, 1.165) is 42.7 Å². The summed E-state index contributed by atoms with van der Waals surface area (Å²) in [6.07, 6.45) is 1.83. The second-order valence-electron chi connectivity index (χ2n) is 6.41. The van der Waals surface area contributed by atoms with Crippen LogP contribution in [0.5, 0.6) is 0 Å². The summed E-state index contributed by atoms with van der Waals surface area (Å²) in [5, 5.41) is 3.87. The fraction of sp³-hybridized carbons (Fsp3) is 0.444. The van der Waals surface area contributed by atoms with E-state index < -0.39 is 0 Å². The molecule has 3 N–H and O–H groups in total. The Bertz CT molecular complexity index is 753. The molecule has 2 amide bonds. The van der Waals surface area contributed by atoms with Crippen LogP contribution in [0.1, 0.15) is 29.0 Å². The number of nitrogens with one attached hydrogen (secondary N) is 1. The summed E-state index contributed by atoms with van der Waals surface area (Å²) < 4.78 is 5.52. The fourth-order valence-electron chi connectivity index (χ4n) is 3.24. The Morgan fingerprint density at radius 2 is 2.21 bits per heavy atom. The Morgan fingerprint density at radius 3 is 3.00 bits per heavy atom. The minimum absolute atomic E-state index is 0.0683. The van der Waals surface area contributed by atoms with E-state index in [1.54, 1.807) is 6.07 Å². The molecule has 1 aromatic carbocycles. The Kier molecular flexibility index (Phi) is 4.85. The molecule has 1 saturated heterocycles. The Morgan fingerprint density at radius 1 is 1.38 bits per heavy atom. The molecule has 0 aliphatic carbocycles. The van der Waals surface area contributed by atoms with E-state index in [2.05, 4.69) is 10.2 Å². The van der Waals surface area contributed by atoms with Gasteiger partial charge < -0.3 is 20.4 Å². The maximum absolute atomic E-state index is 12.3. The third-order valence-electron chi connectivity index (χ3n) is 4.52. The number of benzene rings is 1. The highest BCUT2D eigenvalue weighted by Crippen LogP contribution is 2.20. The third-order valence-corrected chi connectivity index (χ3v) is 4.52. The van der Waals surface area contributed by atoms with Gasteiger partial charge in [0.25, 0.3) is 5.91 Å². The molecule has 0 spiro atoms. The summed E-state index contributed by atoms with van der Waals surface area (Å²) in [7, 11) is 0. The lowest BCUT2D eigenvalue weighted by molar-refractivity contribution is -0.123. The molecule has 128 valence electrons. The first-order chi connectivity index (χ1) is 11.5. The van der Waals surface area contributed by atoms with Crippen LogP contribution in [0.2, 0.25) is 0 Å². The number of nitrogens with zero attached hydrogens (tertiary/aromatic N) is 1. The van der Waals surface area contributed by atoms with Gasteiger partial charge in [-0.25, -0.2) is 0 Å². The number of nitrogens with two attached hydrogens (primary N) is 1. The highest BCUT2D eigenvalue weighted by Gasteiger charge is 2.23. The number of fused-ring (bicyclic) bond motifs is 1. The quantitative estimate of drug-likeness (QED) is 0.873. The van der Waals surface area contributed by atoms with Crippen LogP contribution in [0, 0.1) is 12.8 Å². The summed E-state index contributed by atoms with van der Waals surface area (Å²) >= 11 is 0. The molecule has 1 unspecified atom stereocenters. The van der Waals surface area contributed by atoms with Crippen molar-refractivity contribution in [3.63, 3.8) is 0 Å². The van der Waals surface area contributed by atoms with Crippen molar-refractivity contribution >= 4 is 22.8 Å². The Labute approximate surface area is 141 Å². The molecule has 1 aromatic heterocycles. The minimum Gasteiger partial charge on any atom is -0.461 e. The van der Waals surface area contributed by atoms with Gasteiger partial charge in [0.05, 0.1) is 5.92 Å². The van der Waals surface area contributed by atoms with E-state index in [-0.39, 0.29) is 17.7 Å². The van der Waals surface area contributed by atoms with Gasteiger partial charge in [0.15, 0.2) is 0 Å². The van der Waals surface area contributed by atoms with Crippen molar-refractivity contribution < 1.29 is 14.0 Å². The first kappa shape index (κ1) is 16.5. The number of carbonyl (C=O) groups is 2. The second kappa shape index (κ2) is 7.05. The number of amides is 2. The zero-order valence-electron chi connectivity index (χ0n) is 13.9. The molecule has 1 aliphatic rings. The van der Waals surface area contributed by atoms with E-state index >= 15 is 0 Å². The van der Waals surface area contributed by atoms with E-state index in [4.69, 9.17) is 10.2 Å². The number of furan rings is 1. The van der Waals surface area contributed by atoms with Gasteiger partial charge in [-0.2, -0.15) is 0 Å². The molecule has 24 heavy (non-hydrogen) atoms. The number of hydrogen-bond donors (Lipinski definition) is 2. The van der Waals surface area contributed by atoms with Gasteiger partial charge in [0.1, 0.15) is 11.3 Å². The van der Waals surface area contributed by atoms with E-state index in [9.17, 15) is 9.59 Å². The van der Waals surface area contributed by atoms with E-state index in [1.807, 2.05) is 25.1 Å². The number of rotatable bonds is 5. The van der Waals surface area contributed by atoms with Gasteiger partial charge in [-0.3, -0.25) is 9.59 Å². The van der Waals surface area contributed by atoms with E-state index in [1.165, 1.54) is 0 Å². The molecular weight excluding hydrogens is 306 g/mol. The van der Waals surface area contributed by atoms with Gasteiger partial charge in [-0.1, -0.05) is 0 Å². The average molecular weight is 329 g/mol. The van der Waals surface area contributed by atoms with Gasteiger partial charge in [-0.15, -0.1) is 0 Å². The lowest BCUT2D eigenvalue weighted by Crippen LogP contribution is -2.44. The zero-order valence-corrected chi connectivity index (χ0v) is 13.9. The Balaban J connectivity index is 1.52. The molecule has 2 aromatic rings. The molecule has 1 atom stereocenters. The van der Waals surface area contributed by atoms with Crippen LogP contribution in [-0.4, -0.2) is 42.9 Å². The molecular formula is C18H23N3O3. The Hall–Kier alpha value is -2.34. The molecule has 6 heteroatoms. The topological polar surface area (TPSA) is 88.6 Å². The molecule has 3 rings (SSSR count). The molecule has 6 nitrogen and oxygen atoms in total. The maximum atomic E-state index is 12.3. The number of aryl methyl sites for hydroxylation is 1. The van der Waals surface area contributed by atoms with Crippen LogP contribution in [0.25, 0.3) is 11.0 Å². The van der Waals surface area contributed by atoms with E-state index in [0.29, 0.717) is 18.7 Å². The first-order valence-corrected chi connectivity index (χ1v) is 8.33. The predicted molar refractivity (Wildman–Crippen MR) is 91.6 cm³/mol. The molecule has 2 heterocycles. The fourth-order valence-corrected chi connectivity index (χ4v) is 3.24. The van der Waals surface area contributed by atoms with Crippen molar-refractivity contribution in [2.45, 2.75) is 19.8 Å². The number of likely N-dealkylation sites (tertiary alicyclic amines) is 1. The highest BCUT2D eigenvalue weighted by molar-refractivity contribution is 5.97. The molecule has 1 fully saturated rings. The van der Waals surface area contributed by atoms with Crippen LogP contribution in [0.3, 0.4) is 0 Å². The highest BCUT2D eigenvalue weighted by atomic mass is 16.3. The number of piperidine rings is 1. The number of primary amides is 1. The molecule has 0 radical (unpaired) electrons. The number of carbonyl (C=O) groups excluding carboxylic acids is 2. The van der Waals surface area contributed by atoms with Crippen LogP contribution in [0.15, 0.2) is 28.7 Å². The summed E-state index contributed by atoms with van der Waals surface area (Å²) in [5.74, 6) is 0.435. The summed E-state index contributed by atoms with van der Waals surface area (Å²) in [6.45, 7) is 4.79. The van der Waals surface area contributed by atoms with Gasteiger partial charge >= 0.3 is 0 Å². The smallest absolute Gasteiger partial charge is 0.251 e. The standard InChI is InChI=1S/C18H23N3O3/c1-12-9-15-10-13(4-5-16(15)24-12)18(23)20-6-8-21-7-2-3-14(11-21)17(19)22/h4-5,9-10,14H,2-3,6-8,11H2,1H3,(H2,19,22)(H,20,23). The lowest BCUT2D eigenvalue weighted by Gasteiger charge is -2.31. The van der Waals surface area contributed by atoms with Crippen molar-refractivity contribution in [3.05, 3.63) is 35.6 Å². The minimum atomic E-state index is -0.229. The molecule has 1 aliphatic heterocycles. The predicted octanol–water partition coefficient (Wildman–Crippen LogP) is 1.67. The monoisotopic (exact) mass is 329 g/mol. The van der Waals surface area contributed by atoms with Crippen LogP contribution >= 0.6 is 0 Å². The summed E-state index contributed by atoms with van der Waals surface area (Å²) in [4.78, 5) is 25.8. The third kappa shape index (κ3) is 3.76. The van der Waals surface area contributed by atoms with Crippen LogP contribution < -0.4 is 11.1 Å². The summed E-state index contributed by atoms with van der Waals surface area (Å²) in [5.41, 5.74) is 6.80. The van der Waals surface area contributed by atoms with Gasteiger partial charge in [-0.05, 0) is 50.6 Å². The molecule has 0 saturated carbocycles. The second-order valence-corrected chi connectivity index (χ2v) is 6.41. The molecule has 0 bridgehead atoms. The largest absolute Gasteiger partial charge is 0.461 e. The van der Waals surface area contributed by atoms with Crippen molar-refractivity contribution in [3.8, 4) is 0 Å². The van der Waals surface area contributed by atoms with Crippen LogP contribution in [-0.2, 0) is 4.79 Å². The first-order valence-electron chi connectivity index (χ1n) is 8.33. The van der Waals surface area contributed by atoms with Crippen LogP contribution in [0.4, 0.5) is 0 Å². The normalized spacial score (nSPS) is 18.6. The van der Waals surface area contributed by atoms with Gasteiger partial charge in [0.2, 0.25) is 5.91 Å².